The highest BCUT2D eigenvalue weighted by molar-refractivity contribution is 5.80. The Morgan fingerprint density at radius 2 is 1.85 bits per heavy atom. The standard InChI is InChI=1S/C16H15FO3/c1-16(19,15(18)20-2)12-8-9-13(14(17)10-12)11-6-4-3-5-7-11/h3-10,19H,1-2H3. The molecule has 0 aliphatic carbocycles. The van der Waals surface area contributed by atoms with Gasteiger partial charge in [-0.3, -0.25) is 0 Å². The molecule has 0 spiro atoms. The van der Waals surface area contributed by atoms with Gasteiger partial charge in [-0.15, -0.1) is 0 Å². The number of esters is 1. The Labute approximate surface area is 116 Å². The molecule has 0 saturated heterocycles. The SMILES string of the molecule is COC(=O)C(C)(O)c1ccc(-c2ccccc2)c(F)c1. The predicted octanol–water partition coefficient (Wildman–Crippen LogP) is 2.87. The van der Waals surface area contributed by atoms with Gasteiger partial charge >= 0.3 is 5.97 Å². The maximum Gasteiger partial charge on any atom is 0.342 e. The molecule has 1 atom stereocenters. The lowest BCUT2D eigenvalue weighted by Gasteiger charge is -2.21. The number of aliphatic hydroxyl groups is 1. The fraction of sp³-hybridized carbons (Fsp3) is 0.188. The third-order valence-electron chi connectivity index (χ3n) is 3.20. The van der Waals surface area contributed by atoms with E-state index in [1.807, 2.05) is 18.2 Å². The molecule has 2 aromatic rings. The highest BCUT2D eigenvalue weighted by Gasteiger charge is 2.34. The summed E-state index contributed by atoms with van der Waals surface area (Å²) in [4.78, 5) is 11.5. The van der Waals surface area contributed by atoms with E-state index in [-0.39, 0.29) is 5.56 Å². The van der Waals surface area contributed by atoms with Crippen molar-refractivity contribution in [3.05, 3.63) is 59.9 Å². The van der Waals surface area contributed by atoms with Crippen molar-refractivity contribution in [3.8, 4) is 11.1 Å². The number of hydrogen-bond donors (Lipinski definition) is 1. The summed E-state index contributed by atoms with van der Waals surface area (Å²) in [6.45, 7) is 1.27. The molecule has 0 aliphatic heterocycles. The predicted molar refractivity (Wildman–Crippen MR) is 73.4 cm³/mol. The summed E-state index contributed by atoms with van der Waals surface area (Å²) in [5.74, 6) is -1.33. The van der Waals surface area contributed by atoms with Gasteiger partial charge < -0.3 is 9.84 Å². The Balaban J connectivity index is 2.43. The zero-order valence-corrected chi connectivity index (χ0v) is 11.3. The lowest BCUT2D eigenvalue weighted by molar-refractivity contribution is -0.161. The molecule has 2 rings (SSSR count). The van der Waals surface area contributed by atoms with Crippen LogP contribution in [0.15, 0.2) is 48.5 Å². The van der Waals surface area contributed by atoms with E-state index in [0.717, 1.165) is 11.6 Å². The van der Waals surface area contributed by atoms with Crippen LogP contribution in [0.25, 0.3) is 11.1 Å². The number of hydrogen-bond acceptors (Lipinski definition) is 3. The van der Waals surface area contributed by atoms with Crippen molar-refractivity contribution in [1.29, 1.82) is 0 Å². The third-order valence-corrected chi connectivity index (χ3v) is 3.20. The maximum atomic E-state index is 14.2. The number of benzene rings is 2. The van der Waals surface area contributed by atoms with Crippen LogP contribution in [0.4, 0.5) is 4.39 Å². The molecule has 0 radical (unpaired) electrons. The Hall–Kier alpha value is -2.20. The summed E-state index contributed by atoms with van der Waals surface area (Å²) in [6.07, 6.45) is 0. The van der Waals surface area contributed by atoms with E-state index in [4.69, 9.17) is 0 Å². The van der Waals surface area contributed by atoms with Gasteiger partial charge in [-0.1, -0.05) is 42.5 Å². The van der Waals surface area contributed by atoms with Crippen molar-refractivity contribution in [2.24, 2.45) is 0 Å². The van der Waals surface area contributed by atoms with Crippen molar-refractivity contribution in [3.63, 3.8) is 0 Å². The number of halogens is 1. The number of ether oxygens (including phenoxy) is 1. The van der Waals surface area contributed by atoms with Crippen LogP contribution in [-0.4, -0.2) is 18.2 Å². The van der Waals surface area contributed by atoms with Gasteiger partial charge in [0.05, 0.1) is 7.11 Å². The zero-order valence-electron chi connectivity index (χ0n) is 11.3. The molecule has 3 nitrogen and oxygen atoms in total. The van der Waals surface area contributed by atoms with Crippen LogP contribution in [0.1, 0.15) is 12.5 Å². The molecule has 2 aromatic carbocycles. The van der Waals surface area contributed by atoms with E-state index >= 15 is 0 Å². The summed E-state index contributed by atoms with van der Waals surface area (Å²) in [7, 11) is 1.17. The second kappa shape index (κ2) is 5.43. The highest BCUT2D eigenvalue weighted by Crippen LogP contribution is 2.28. The van der Waals surface area contributed by atoms with Crippen LogP contribution in [0.3, 0.4) is 0 Å². The first-order valence-corrected chi connectivity index (χ1v) is 6.13. The molecule has 0 heterocycles. The van der Waals surface area contributed by atoms with Gasteiger partial charge in [0.1, 0.15) is 5.82 Å². The Bertz CT molecular complexity index is 621. The second-order valence-corrected chi connectivity index (χ2v) is 4.62. The zero-order chi connectivity index (χ0) is 14.8. The normalized spacial score (nSPS) is 13.6. The first kappa shape index (κ1) is 14.2. The highest BCUT2D eigenvalue weighted by atomic mass is 19.1. The monoisotopic (exact) mass is 274 g/mol. The summed E-state index contributed by atoms with van der Waals surface area (Å²) < 4.78 is 18.7. The van der Waals surface area contributed by atoms with Crippen molar-refractivity contribution >= 4 is 5.97 Å². The third kappa shape index (κ3) is 2.56. The molecule has 1 N–H and O–H groups in total. The van der Waals surface area contributed by atoms with Gasteiger partial charge in [-0.25, -0.2) is 9.18 Å². The van der Waals surface area contributed by atoms with E-state index in [9.17, 15) is 14.3 Å². The van der Waals surface area contributed by atoms with Gasteiger partial charge in [0.2, 0.25) is 0 Å². The number of methoxy groups -OCH3 is 1. The topological polar surface area (TPSA) is 46.5 Å². The lowest BCUT2D eigenvalue weighted by atomic mass is 9.93. The average Bonchev–Trinajstić information content (AvgIpc) is 2.47. The van der Waals surface area contributed by atoms with Crippen LogP contribution in [-0.2, 0) is 15.1 Å². The molecule has 4 heteroatoms. The number of rotatable bonds is 3. The van der Waals surface area contributed by atoms with Gasteiger partial charge in [-0.2, -0.15) is 0 Å². The molecule has 0 bridgehead atoms. The van der Waals surface area contributed by atoms with Crippen LogP contribution in [0.2, 0.25) is 0 Å². The number of carbonyl (C=O) groups excluding carboxylic acids is 1. The van der Waals surface area contributed by atoms with Crippen LogP contribution in [0.5, 0.6) is 0 Å². The van der Waals surface area contributed by atoms with E-state index < -0.39 is 17.4 Å². The summed E-state index contributed by atoms with van der Waals surface area (Å²) in [6, 6.07) is 13.3. The van der Waals surface area contributed by atoms with E-state index in [1.165, 1.54) is 26.2 Å². The molecule has 0 aromatic heterocycles. The minimum Gasteiger partial charge on any atom is -0.467 e. The van der Waals surface area contributed by atoms with Crippen LogP contribution < -0.4 is 0 Å². The molecule has 0 fully saturated rings. The Morgan fingerprint density at radius 3 is 2.40 bits per heavy atom. The van der Waals surface area contributed by atoms with Gasteiger partial charge in [-0.05, 0) is 24.1 Å². The lowest BCUT2D eigenvalue weighted by Crippen LogP contribution is -2.33. The molecule has 1 unspecified atom stereocenters. The van der Waals surface area contributed by atoms with Gasteiger partial charge in [0, 0.05) is 5.56 Å². The van der Waals surface area contributed by atoms with Gasteiger partial charge in [0.25, 0.3) is 0 Å². The molecular weight excluding hydrogens is 259 g/mol. The summed E-state index contributed by atoms with van der Waals surface area (Å²) in [5, 5.41) is 10.1. The second-order valence-electron chi connectivity index (χ2n) is 4.62. The van der Waals surface area contributed by atoms with Crippen LogP contribution >= 0.6 is 0 Å². The largest absolute Gasteiger partial charge is 0.467 e. The van der Waals surface area contributed by atoms with Crippen molar-refractivity contribution in [2.75, 3.05) is 7.11 Å². The maximum absolute atomic E-state index is 14.2. The first-order valence-electron chi connectivity index (χ1n) is 6.13. The summed E-state index contributed by atoms with van der Waals surface area (Å²) in [5.41, 5.74) is -0.573. The molecular formula is C16H15FO3. The molecule has 104 valence electrons. The minimum absolute atomic E-state index is 0.154. The van der Waals surface area contributed by atoms with E-state index in [0.29, 0.717) is 5.56 Å². The van der Waals surface area contributed by atoms with E-state index in [2.05, 4.69) is 4.74 Å². The first-order chi connectivity index (χ1) is 9.46. The Morgan fingerprint density at radius 1 is 1.20 bits per heavy atom. The molecule has 0 saturated carbocycles. The minimum atomic E-state index is -1.87. The fourth-order valence-corrected chi connectivity index (χ4v) is 1.99. The molecule has 20 heavy (non-hydrogen) atoms. The fourth-order valence-electron chi connectivity index (χ4n) is 1.99. The van der Waals surface area contributed by atoms with Gasteiger partial charge in [0.15, 0.2) is 5.60 Å². The Kier molecular flexibility index (Phi) is 3.86. The van der Waals surface area contributed by atoms with Crippen molar-refractivity contribution in [1.82, 2.24) is 0 Å². The average molecular weight is 274 g/mol. The smallest absolute Gasteiger partial charge is 0.342 e. The van der Waals surface area contributed by atoms with E-state index in [1.54, 1.807) is 12.1 Å². The van der Waals surface area contributed by atoms with Crippen LogP contribution in [0, 0.1) is 5.82 Å². The summed E-state index contributed by atoms with van der Waals surface area (Å²) >= 11 is 0. The van der Waals surface area contributed by atoms with Crippen molar-refractivity contribution in [2.45, 2.75) is 12.5 Å². The number of carbonyl (C=O) groups is 1. The molecule has 0 amide bonds. The van der Waals surface area contributed by atoms with Crippen molar-refractivity contribution < 1.29 is 19.0 Å². The molecule has 0 aliphatic rings. The quantitative estimate of drug-likeness (QED) is 0.875.